The first-order valence-corrected chi connectivity index (χ1v) is 28.4. The quantitative estimate of drug-likeness (QED) is 0.0262. The highest BCUT2D eigenvalue weighted by molar-refractivity contribution is 5.71. The summed E-state index contributed by atoms with van der Waals surface area (Å²) in [7, 11) is 0. The third kappa shape index (κ3) is 53.7. The molecule has 0 bridgehead atoms. The molecule has 0 saturated carbocycles. The van der Waals surface area contributed by atoms with E-state index in [1.54, 1.807) is 0 Å². The van der Waals surface area contributed by atoms with Gasteiger partial charge >= 0.3 is 17.9 Å². The van der Waals surface area contributed by atoms with Crippen molar-refractivity contribution in [1.82, 2.24) is 0 Å². The molecule has 0 aromatic heterocycles. The van der Waals surface area contributed by atoms with Crippen molar-refractivity contribution in [3.8, 4) is 0 Å². The number of ether oxygens (including phenoxy) is 3. The van der Waals surface area contributed by atoms with Crippen LogP contribution in [0.4, 0.5) is 0 Å². The third-order valence-electron chi connectivity index (χ3n) is 12.2. The van der Waals surface area contributed by atoms with Crippen LogP contribution < -0.4 is 0 Å². The van der Waals surface area contributed by atoms with Gasteiger partial charge in [0.25, 0.3) is 0 Å². The summed E-state index contributed by atoms with van der Waals surface area (Å²) in [5.41, 5.74) is 0. The zero-order chi connectivity index (χ0) is 48.6. The molecule has 0 aromatic carbocycles. The number of esters is 3. The summed E-state index contributed by atoms with van der Waals surface area (Å²) >= 11 is 0. The van der Waals surface area contributed by atoms with Gasteiger partial charge in [-0.3, -0.25) is 14.4 Å². The number of allylic oxidation sites excluding steroid dienone is 12. The standard InChI is InChI=1S/C61H106O6/c1-4-7-10-13-16-18-20-22-24-26-27-28-29-30-31-32-33-34-35-36-38-39-41-43-45-48-51-54-60(63)66-57-58(56-65-59(62)53-50-47-15-12-9-6-3)67-61(64)55-52-49-46-44-42-40-37-25-23-21-19-17-14-11-8-5-2/h7,10,16,18,22,24-25,27-28,30-31,37,58H,4-6,8-9,11-15,17,19-21,23,26,29,32-36,38-57H2,1-3H3/b10-7-,18-16-,24-22-,28-27-,31-30-,37-25-. The highest BCUT2D eigenvalue weighted by atomic mass is 16.6. The van der Waals surface area contributed by atoms with E-state index in [4.69, 9.17) is 14.2 Å². The Balaban J connectivity index is 4.12. The Hall–Kier alpha value is -3.15. The minimum Gasteiger partial charge on any atom is -0.462 e. The Morgan fingerprint density at radius 3 is 0.925 bits per heavy atom. The molecule has 0 rings (SSSR count). The fourth-order valence-corrected chi connectivity index (χ4v) is 7.93. The minimum absolute atomic E-state index is 0.0781. The van der Waals surface area contributed by atoms with Crippen LogP contribution in [0.2, 0.25) is 0 Å². The molecule has 386 valence electrons. The number of carbonyl (C=O) groups excluding carboxylic acids is 3. The van der Waals surface area contributed by atoms with Crippen LogP contribution in [-0.2, 0) is 28.6 Å². The predicted molar refractivity (Wildman–Crippen MR) is 288 cm³/mol. The van der Waals surface area contributed by atoms with Gasteiger partial charge < -0.3 is 14.2 Å². The number of hydrogen-bond acceptors (Lipinski definition) is 6. The zero-order valence-corrected chi connectivity index (χ0v) is 44.2. The number of unbranched alkanes of at least 4 members (excludes halogenated alkanes) is 28. The number of hydrogen-bond donors (Lipinski definition) is 0. The number of rotatable bonds is 51. The monoisotopic (exact) mass is 935 g/mol. The Labute approximate surface area is 414 Å². The van der Waals surface area contributed by atoms with E-state index in [1.807, 2.05) is 0 Å². The molecule has 6 nitrogen and oxygen atoms in total. The van der Waals surface area contributed by atoms with Crippen LogP contribution in [0.15, 0.2) is 72.9 Å². The summed E-state index contributed by atoms with van der Waals surface area (Å²) in [6, 6.07) is 0. The average Bonchev–Trinajstić information content (AvgIpc) is 3.33. The van der Waals surface area contributed by atoms with E-state index in [2.05, 4.69) is 93.7 Å². The lowest BCUT2D eigenvalue weighted by molar-refractivity contribution is -0.167. The highest BCUT2D eigenvalue weighted by Gasteiger charge is 2.19. The second-order valence-corrected chi connectivity index (χ2v) is 18.8. The summed E-state index contributed by atoms with van der Waals surface area (Å²) in [6.07, 6.45) is 70.7. The Morgan fingerprint density at radius 2 is 0.582 bits per heavy atom. The Morgan fingerprint density at radius 1 is 0.313 bits per heavy atom. The second-order valence-electron chi connectivity index (χ2n) is 18.8. The van der Waals surface area contributed by atoms with Crippen LogP contribution in [0.1, 0.15) is 278 Å². The van der Waals surface area contributed by atoms with Crippen molar-refractivity contribution >= 4 is 17.9 Å². The fraction of sp³-hybridized carbons (Fsp3) is 0.754. The molecule has 0 saturated heterocycles. The molecule has 0 spiro atoms. The van der Waals surface area contributed by atoms with E-state index in [9.17, 15) is 14.4 Å². The third-order valence-corrected chi connectivity index (χ3v) is 12.2. The van der Waals surface area contributed by atoms with Gasteiger partial charge in [-0.1, -0.05) is 241 Å². The molecule has 0 aliphatic rings. The lowest BCUT2D eigenvalue weighted by Gasteiger charge is -2.18. The summed E-state index contributed by atoms with van der Waals surface area (Å²) < 4.78 is 16.7. The maximum Gasteiger partial charge on any atom is 0.306 e. The molecule has 1 unspecified atom stereocenters. The van der Waals surface area contributed by atoms with Gasteiger partial charge in [0.15, 0.2) is 6.10 Å². The fourth-order valence-electron chi connectivity index (χ4n) is 7.93. The molecular formula is C61H106O6. The van der Waals surface area contributed by atoms with Gasteiger partial charge in [-0.25, -0.2) is 0 Å². The first kappa shape index (κ1) is 63.8. The van der Waals surface area contributed by atoms with E-state index in [0.717, 1.165) is 103 Å². The van der Waals surface area contributed by atoms with Crippen molar-refractivity contribution in [3.63, 3.8) is 0 Å². The lowest BCUT2D eigenvalue weighted by Crippen LogP contribution is -2.30. The van der Waals surface area contributed by atoms with Crippen LogP contribution in [0.3, 0.4) is 0 Å². The average molecular weight is 936 g/mol. The van der Waals surface area contributed by atoms with Crippen molar-refractivity contribution in [2.75, 3.05) is 13.2 Å². The molecule has 1 atom stereocenters. The van der Waals surface area contributed by atoms with Crippen LogP contribution >= 0.6 is 0 Å². The van der Waals surface area contributed by atoms with E-state index in [0.29, 0.717) is 19.3 Å². The van der Waals surface area contributed by atoms with Gasteiger partial charge in [-0.05, 0) is 89.9 Å². The summed E-state index contributed by atoms with van der Waals surface area (Å²) in [5, 5.41) is 0. The minimum atomic E-state index is -0.776. The van der Waals surface area contributed by atoms with Gasteiger partial charge in [0, 0.05) is 19.3 Å². The molecule has 0 amide bonds. The van der Waals surface area contributed by atoms with E-state index in [-0.39, 0.29) is 31.1 Å². The van der Waals surface area contributed by atoms with E-state index in [1.165, 1.54) is 135 Å². The van der Waals surface area contributed by atoms with Crippen LogP contribution in [0, 0.1) is 0 Å². The highest BCUT2D eigenvalue weighted by Crippen LogP contribution is 2.15. The van der Waals surface area contributed by atoms with Crippen molar-refractivity contribution in [2.45, 2.75) is 284 Å². The molecule has 6 heteroatoms. The molecule has 0 fully saturated rings. The second kappa shape index (κ2) is 55.4. The summed E-state index contributed by atoms with van der Waals surface area (Å²) in [6.45, 7) is 6.47. The van der Waals surface area contributed by atoms with Crippen molar-refractivity contribution in [1.29, 1.82) is 0 Å². The molecule has 67 heavy (non-hydrogen) atoms. The maximum absolute atomic E-state index is 12.8. The smallest absolute Gasteiger partial charge is 0.306 e. The lowest BCUT2D eigenvalue weighted by atomic mass is 10.0. The zero-order valence-electron chi connectivity index (χ0n) is 44.2. The van der Waals surface area contributed by atoms with Crippen LogP contribution in [-0.4, -0.2) is 37.2 Å². The summed E-state index contributed by atoms with van der Waals surface area (Å²) in [5.74, 6) is -0.893. The summed E-state index contributed by atoms with van der Waals surface area (Å²) in [4.78, 5) is 37.8. The topological polar surface area (TPSA) is 78.9 Å². The van der Waals surface area contributed by atoms with E-state index < -0.39 is 6.10 Å². The Bertz CT molecular complexity index is 1260. The molecule has 0 radical (unpaired) electrons. The molecule has 0 aliphatic carbocycles. The largest absolute Gasteiger partial charge is 0.462 e. The van der Waals surface area contributed by atoms with Crippen molar-refractivity contribution < 1.29 is 28.6 Å². The molecule has 0 aliphatic heterocycles. The van der Waals surface area contributed by atoms with Gasteiger partial charge in [0.2, 0.25) is 0 Å². The number of carbonyl (C=O) groups is 3. The van der Waals surface area contributed by atoms with Crippen LogP contribution in [0.25, 0.3) is 0 Å². The van der Waals surface area contributed by atoms with Gasteiger partial charge in [-0.15, -0.1) is 0 Å². The molecule has 0 N–H and O–H groups in total. The molecule has 0 aromatic rings. The van der Waals surface area contributed by atoms with Gasteiger partial charge in [0.05, 0.1) is 0 Å². The normalized spacial score (nSPS) is 12.6. The predicted octanol–water partition coefficient (Wildman–Crippen LogP) is 19.0. The Kier molecular flexibility index (Phi) is 52.8. The van der Waals surface area contributed by atoms with Gasteiger partial charge in [0.1, 0.15) is 13.2 Å². The van der Waals surface area contributed by atoms with Crippen molar-refractivity contribution in [3.05, 3.63) is 72.9 Å². The maximum atomic E-state index is 12.8. The van der Waals surface area contributed by atoms with E-state index >= 15 is 0 Å². The molecule has 0 heterocycles. The van der Waals surface area contributed by atoms with Crippen molar-refractivity contribution in [2.24, 2.45) is 0 Å². The van der Waals surface area contributed by atoms with Gasteiger partial charge in [-0.2, -0.15) is 0 Å². The molecular weight excluding hydrogens is 829 g/mol. The first-order chi connectivity index (χ1) is 33.0. The van der Waals surface area contributed by atoms with Crippen LogP contribution in [0.5, 0.6) is 0 Å². The first-order valence-electron chi connectivity index (χ1n) is 28.4. The SMILES string of the molecule is CC/C=C\C/C=C\C/C=C\C/C=C\C/C=C\CCCCCCCCCCCCCC(=O)OCC(COC(=O)CCCCCCCC)OC(=O)CCCCCCC/C=C\CCCCCCCCC.